The van der Waals surface area contributed by atoms with Gasteiger partial charge in [-0.25, -0.2) is 4.79 Å². The molecule has 1 aliphatic heterocycles. The Kier molecular flexibility index (Phi) is 4.46. The standard InChI is InChI=1S/C13H21N3O4/c1-2-10-11(17)14-5-6-16(10)13(20)15-9-4-3-8(7-9)12(18)19/h8-10H,2-7H2,1H3,(H,14,17)(H,15,20)(H,18,19)/t8-,9+,10?/m1/s1. The van der Waals surface area contributed by atoms with Crippen LogP contribution >= 0.6 is 0 Å². The molecule has 20 heavy (non-hydrogen) atoms. The first kappa shape index (κ1) is 14.6. The molecule has 0 spiro atoms. The second kappa shape index (κ2) is 6.11. The molecule has 1 aliphatic carbocycles. The third-order valence-corrected chi connectivity index (χ3v) is 4.09. The minimum Gasteiger partial charge on any atom is -0.481 e. The number of aliphatic carboxylic acids is 1. The molecule has 3 N–H and O–H groups in total. The van der Waals surface area contributed by atoms with Crippen molar-refractivity contribution in [2.75, 3.05) is 13.1 Å². The summed E-state index contributed by atoms with van der Waals surface area (Å²) in [6, 6.07) is -0.797. The molecule has 1 saturated heterocycles. The van der Waals surface area contributed by atoms with E-state index in [0.717, 1.165) is 0 Å². The number of hydrogen-bond acceptors (Lipinski definition) is 3. The van der Waals surface area contributed by atoms with E-state index in [0.29, 0.717) is 38.8 Å². The molecule has 1 unspecified atom stereocenters. The summed E-state index contributed by atoms with van der Waals surface area (Å²) < 4.78 is 0. The van der Waals surface area contributed by atoms with Gasteiger partial charge in [0.2, 0.25) is 5.91 Å². The normalized spacial score (nSPS) is 29.9. The van der Waals surface area contributed by atoms with Crippen molar-refractivity contribution in [2.24, 2.45) is 5.92 Å². The molecule has 1 heterocycles. The summed E-state index contributed by atoms with van der Waals surface area (Å²) in [5.41, 5.74) is 0. The zero-order valence-electron chi connectivity index (χ0n) is 11.6. The van der Waals surface area contributed by atoms with E-state index in [4.69, 9.17) is 5.11 Å². The van der Waals surface area contributed by atoms with Crippen molar-refractivity contribution in [3.63, 3.8) is 0 Å². The lowest BCUT2D eigenvalue weighted by Crippen LogP contribution is -2.60. The van der Waals surface area contributed by atoms with Crippen LogP contribution in [0.5, 0.6) is 0 Å². The molecule has 7 heteroatoms. The quantitative estimate of drug-likeness (QED) is 0.687. The third kappa shape index (κ3) is 3.02. The molecule has 2 fully saturated rings. The Balaban J connectivity index is 1.91. The average molecular weight is 283 g/mol. The first-order valence-corrected chi connectivity index (χ1v) is 7.10. The summed E-state index contributed by atoms with van der Waals surface area (Å²) in [5, 5.41) is 14.6. The van der Waals surface area contributed by atoms with E-state index in [2.05, 4.69) is 10.6 Å². The molecular formula is C13H21N3O4. The van der Waals surface area contributed by atoms with E-state index in [9.17, 15) is 14.4 Å². The van der Waals surface area contributed by atoms with Gasteiger partial charge in [0.05, 0.1) is 5.92 Å². The van der Waals surface area contributed by atoms with Crippen LogP contribution in [-0.4, -0.2) is 53.1 Å². The topological polar surface area (TPSA) is 98.7 Å². The second-order valence-electron chi connectivity index (χ2n) is 5.40. The van der Waals surface area contributed by atoms with E-state index in [1.165, 1.54) is 0 Å². The van der Waals surface area contributed by atoms with Gasteiger partial charge in [-0.05, 0) is 25.7 Å². The highest BCUT2D eigenvalue weighted by atomic mass is 16.4. The van der Waals surface area contributed by atoms with Crippen molar-refractivity contribution in [1.82, 2.24) is 15.5 Å². The van der Waals surface area contributed by atoms with Gasteiger partial charge in [-0.3, -0.25) is 9.59 Å². The molecule has 2 rings (SSSR count). The molecule has 3 amide bonds. The number of hydrogen-bond donors (Lipinski definition) is 3. The number of carbonyl (C=O) groups excluding carboxylic acids is 2. The summed E-state index contributed by atoms with van der Waals surface area (Å²) in [6.07, 6.45) is 2.32. The maximum atomic E-state index is 12.2. The van der Waals surface area contributed by atoms with E-state index in [-0.39, 0.29) is 23.9 Å². The smallest absolute Gasteiger partial charge is 0.318 e. The minimum absolute atomic E-state index is 0.105. The monoisotopic (exact) mass is 283 g/mol. The van der Waals surface area contributed by atoms with E-state index < -0.39 is 12.0 Å². The Bertz CT molecular complexity index is 412. The first-order chi connectivity index (χ1) is 9.52. The molecule has 0 radical (unpaired) electrons. The van der Waals surface area contributed by atoms with Gasteiger partial charge in [0.25, 0.3) is 0 Å². The lowest BCUT2D eigenvalue weighted by molar-refractivity contribution is -0.141. The van der Waals surface area contributed by atoms with Crippen LogP contribution in [0.25, 0.3) is 0 Å². The molecule has 0 aromatic carbocycles. The summed E-state index contributed by atoms with van der Waals surface area (Å²) >= 11 is 0. The lowest BCUT2D eigenvalue weighted by atomic mass is 10.1. The van der Waals surface area contributed by atoms with E-state index in [1.807, 2.05) is 6.92 Å². The van der Waals surface area contributed by atoms with Gasteiger partial charge >= 0.3 is 12.0 Å². The number of nitrogens with one attached hydrogen (secondary N) is 2. The average Bonchev–Trinajstić information content (AvgIpc) is 2.87. The summed E-state index contributed by atoms with van der Waals surface area (Å²) in [6.45, 7) is 2.82. The fourth-order valence-electron chi connectivity index (χ4n) is 2.96. The Morgan fingerprint density at radius 2 is 2.20 bits per heavy atom. The van der Waals surface area contributed by atoms with Crippen molar-refractivity contribution in [2.45, 2.75) is 44.7 Å². The number of carbonyl (C=O) groups is 3. The molecular weight excluding hydrogens is 262 g/mol. The number of rotatable bonds is 3. The van der Waals surface area contributed by atoms with E-state index in [1.54, 1.807) is 4.90 Å². The number of carboxylic acids is 1. The number of nitrogens with zero attached hydrogens (tertiary/aromatic N) is 1. The Hall–Kier alpha value is -1.79. The zero-order chi connectivity index (χ0) is 14.7. The first-order valence-electron chi connectivity index (χ1n) is 7.10. The SMILES string of the molecule is CCC1C(=O)NCCN1C(=O)N[C@H]1CC[C@@H](C(=O)O)C1. The van der Waals surface area contributed by atoms with Crippen LogP contribution in [0, 0.1) is 5.92 Å². The summed E-state index contributed by atoms with van der Waals surface area (Å²) in [4.78, 5) is 36.4. The number of piperazine rings is 1. The predicted molar refractivity (Wildman–Crippen MR) is 71.1 cm³/mol. The fraction of sp³-hybridized carbons (Fsp3) is 0.769. The lowest BCUT2D eigenvalue weighted by Gasteiger charge is -2.35. The zero-order valence-corrected chi connectivity index (χ0v) is 11.6. The number of carboxylic acid groups (broad SMARTS) is 1. The Morgan fingerprint density at radius 1 is 1.45 bits per heavy atom. The largest absolute Gasteiger partial charge is 0.481 e. The number of urea groups is 1. The van der Waals surface area contributed by atoms with Crippen molar-refractivity contribution in [1.29, 1.82) is 0 Å². The van der Waals surface area contributed by atoms with Gasteiger partial charge in [-0.1, -0.05) is 6.92 Å². The predicted octanol–water partition coefficient (Wildman–Crippen LogP) is 0.160. The Morgan fingerprint density at radius 3 is 2.80 bits per heavy atom. The molecule has 112 valence electrons. The highest BCUT2D eigenvalue weighted by Gasteiger charge is 2.35. The molecule has 0 aromatic rings. The van der Waals surface area contributed by atoms with Crippen LogP contribution in [0.4, 0.5) is 4.79 Å². The van der Waals surface area contributed by atoms with Crippen LogP contribution in [0.2, 0.25) is 0 Å². The van der Waals surface area contributed by atoms with Crippen LogP contribution in [0.15, 0.2) is 0 Å². The molecule has 2 aliphatic rings. The fourth-order valence-corrected chi connectivity index (χ4v) is 2.96. The van der Waals surface area contributed by atoms with Crippen LogP contribution < -0.4 is 10.6 Å². The van der Waals surface area contributed by atoms with Gasteiger partial charge in [0.1, 0.15) is 6.04 Å². The van der Waals surface area contributed by atoms with Gasteiger partial charge in [-0.15, -0.1) is 0 Å². The van der Waals surface area contributed by atoms with Crippen molar-refractivity contribution in [3.05, 3.63) is 0 Å². The molecule has 3 atom stereocenters. The number of amides is 3. The Labute approximate surface area is 117 Å². The highest BCUT2D eigenvalue weighted by molar-refractivity contribution is 5.88. The van der Waals surface area contributed by atoms with Crippen molar-refractivity contribution in [3.8, 4) is 0 Å². The maximum absolute atomic E-state index is 12.2. The summed E-state index contributed by atoms with van der Waals surface area (Å²) in [5.74, 6) is -1.29. The summed E-state index contributed by atoms with van der Waals surface area (Å²) in [7, 11) is 0. The molecule has 0 aromatic heterocycles. The molecule has 0 bridgehead atoms. The van der Waals surface area contributed by atoms with Gasteiger partial charge in [0.15, 0.2) is 0 Å². The van der Waals surface area contributed by atoms with Crippen LogP contribution in [0.1, 0.15) is 32.6 Å². The second-order valence-corrected chi connectivity index (χ2v) is 5.40. The molecule has 7 nitrogen and oxygen atoms in total. The molecule has 1 saturated carbocycles. The van der Waals surface area contributed by atoms with Gasteiger partial charge in [0, 0.05) is 19.1 Å². The van der Waals surface area contributed by atoms with E-state index >= 15 is 0 Å². The van der Waals surface area contributed by atoms with Gasteiger partial charge in [-0.2, -0.15) is 0 Å². The highest BCUT2D eigenvalue weighted by Crippen LogP contribution is 2.26. The third-order valence-electron chi connectivity index (χ3n) is 4.09. The van der Waals surface area contributed by atoms with Crippen LogP contribution in [-0.2, 0) is 9.59 Å². The van der Waals surface area contributed by atoms with Crippen molar-refractivity contribution < 1.29 is 19.5 Å². The minimum atomic E-state index is -0.800. The van der Waals surface area contributed by atoms with Crippen molar-refractivity contribution >= 4 is 17.9 Å². The van der Waals surface area contributed by atoms with Crippen LogP contribution in [0.3, 0.4) is 0 Å². The maximum Gasteiger partial charge on any atom is 0.318 e. The van der Waals surface area contributed by atoms with Gasteiger partial charge < -0.3 is 20.6 Å².